The molecule has 0 saturated heterocycles. The van der Waals surface area contributed by atoms with Crippen LogP contribution in [0.4, 0.5) is 0 Å². The van der Waals surface area contributed by atoms with E-state index in [4.69, 9.17) is 0 Å². The third kappa shape index (κ3) is 2.55. The number of allylic oxidation sites excluding steroid dienone is 1. The van der Waals surface area contributed by atoms with Gasteiger partial charge in [-0.15, -0.1) is 0 Å². The Labute approximate surface area is 139 Å². The molecule has 105 valence electrons. The van der Waals surface area contributed by atoms with Gasteiger partial charge < -0.3 is 0 Å². The van der Waals surface area contributed by atoms with Crippen molar-refractivity contribution in [3.8, 4) is 0 Å². The van der Waals surface area contributed by atoms with Gasteiger partial charge >= 0.3 is 140 Å². The van der Waals surface area contributed by atoms with Gasteiger partial charge in [0.25, 0.3) is 0 Å². The fraction of sp³-hybridized carbons (Fsp3) is 0.0476. The Hall–Kier alpha value is -1.72. The zero-order valence-corrected chi connectivity index (χ0v) is 14.8. The minimum absolute atomic E-state index is 0.600. The molecule has 0 N–H and O–H groups in total. The fourth-order valence-corrected chi connectivity index (χ4v) is 10.7. The molecule has 1 unspecified atom stereocenters. The van der Waals surface area contributed by atoms with Crippen LogP contribution in [-0.4, -0.2) is 0 Å². The van der Waals surface area contributed by atoms with Gasteiger partial charge in [-0.25, -0.2) is 0 Å². The van der Waals surface area contributed by atoms with Crippen molar-refractivity contribution < 1.29 is 21.8 Å². The predicted molar refractivity (Wildman–Crippen MR) is 90.4 cm³/mol. The van der Waals surface area contributed by atoms with Gasteiger partial charge in [0.2, 0.25) is 0 Å². The van der Waals surface area contributed by atoms with E-state index >= 15 is 0 Å². The van der Waals surface area contributed by atoms with E-state index in [9.17, 15) is 0 Å². The molecule has 22 heavy (non-hydrogen) atoms. The molecule has 0 fully saturated rings. The van der Waals surface area contributed by atoms with Gasteiger partial charge in [-0.05, 0) is 0 Å². The Kier molecular flexibility index (Phi) is 3.91. The van der Waals surface area contributed by atoms with Crippen LogP contribution < -0.4 is 6.54 Å². The summed E-state index contributed by atoms with van der Waals surface area (Å²) in [5.41, 5.74) is 2.92. The topological polar surface area (TPSA) is 0 Å². The SMILES string of the molecule is C1=C[CH]([Zr]([c]2ccccc2)[c]2ccccc2)c2ccccc21. The summed E-state index contributed by atoms with van der Waals surface area (Å²) in [4.78, 5) is 0. The molecule has 1 heteroatoms. The van der Waals surface area contributed by atoms with Crippen molar-refractivity contribution in [2.45, 2.75) is 3.63 Å². The molecular formula is C21H17Zr. The number of fused-ring (bicyclic) bond motifs is 1. The normalized spacial score (nSPS) is 15.5. The van der Waals surface area contributed by atoms with Crippen LogP contribution >= 0.6 is 0 Å². The van der Waals surface area contributed by atoms with Crippen LogP contribution in [0.15, 0.2) is 91.0 Å². The molecule has 3 aromatic carbocycles. The second-order valence-electron chi connectivity index (χ2n) is 5.61. The first kappa shape index (κ1) is 13.9. The third-order valence-corrected chi connectivity index (χ3v) is 11.7. The molecule has 0 saturated carbocycles. The Bertz CT molecular complexity index is 751. The van der Waals surface area contributed by atoms with E-state index in [0.29, 0.717) is 3.63 Å². The Morgan fingerprint density at radius 2 is 1.14 bits per heavy atom. The van der Waals surface area contributed by atoms with E-state index in [-0.39, 0.29) is 0 Å². The van der Waals surface area contributed by atoms with Crippen LogP contribution in [0.1, 0.15) is 14.8 Å². The maximum absolute atomic E-state index is 2.44. The summed E-state index contributed by atoms with van der Waals surface area (Å²) in [6.07, 6.45) is 4.76. The van der Waals surface area contributed by atoms with Crippen LogP contribution in [0.25, 0.3) is 6.08 Å². The van der Waals surface area contributed by atoms with Crippen LogP contribution in [0.3, 0.4) is 0 Å². The second-order valence-corrected chi connectivity index (χ2v) is 12.0. The van der Waals surface area contributed by atoms with E-state index in [1.165, 1.54) is 11.1 Å². The molecule has 0 radical (unpaired) electrons. The van der Waals surface area contributed by atoms with E-state index in [1.807, 2.05) is 0 Å². The van der Waals surface area contributed by atoms with Crippen molar-refractivity contribution in [2.24, 2.45) is 0 Å². The molecule has 0 aliphatic heterocycles. The van der Waals surface area contributed by atoms with Crippen molar-refractivity contribution in [1.82, 2.24) is 0 Å². The van der Waals surface area contributed by atoms with Gasteiger partial charge in [0.15, 0.2) is 0 Å². The van der Waals surface area contributed by atoms with Crippen molar-refractivity contribution >= 4 is 12.6 Å². The molecular weight excluding hydrogens is 343 g/mol. The fourth-order valence-electron chi connectivity index (χ4n) is 3.26. The van der Waals surface area contributed by atoms with E-state index in [0.717, 1.165) is 0 Å². The number of rotatable bonds is 3. The molecule has 4 rings (SSSR count). The molecule has 0 spiro atoms. The average molecular weight is 361 g/mol. The minimum atomic E-state index is -2.03. The summed E-state index contributed by atoms with van der Waals surface area (Å²) in [6.45, 7) is 0. The molecule has 0 heterocycles. The first-order valence-electron chi connectivity index (χ1n) is 7.68. The molecule has 1 aliphatic rings. The first-order chi connectivity index (χ1) is 10.9. The van der Waals surface area contributed by atoms with Gasteiger partial charge in [0, 0.05) is 0 Å². The first-order valence-corrected chi connectivity index (χ1v) is 11.6. The standard InChI is InChI=1S/C9H7.2C6H5.Zr/c1-2-5-9-7-3-6-8(9)4-1;2*1-2-4-6-5-3-1;/h1-7H;2*1-5H;. The zero-order valence-electron chi connectivity index (χ0n) is 12.3. The van der Waals surface area contributed by atoms with Gasteiger partial charge in [-0.2, -0.15) is 0 Å². The van der Waals surface area contributed by atoms with E-state index < -0.39 is 21.8 Å². The third-order valence-electron chi connectivity index (χ3n) is 4.28. The predicted octanol–water partition coefficient (Wildman–Crippen LogP) is 4.02. The second kappa shape index (κ2) is 6.18. The van der Waals surface area contributed by atoms with Crippen LogP contribution in [0, 0.1) is 0 Å². The van der Waals surface area contributed by atoms with Crippen molar-refractivity contribution in [3.05, 3.63) is 102 Å². The van der Waals surface area contributed by atoms with E-state index in [2.05, 4.69) is 97.1 Å². The van der Waals surface area contributed by atoms with Gasteiger partial charge in [0.1, 0.15) is 0 Å². The summed E-state index contributed by atoms with van der Waals surface area (Å²) in [5, 5.41) is 0. The monoisotopic (exact) mass is 359 g/mol. The zero-order chi connectivity index (χ0) is 14.8. The molecule has 0 aromatic heterocycles. The Morgan fingerprint density at radius 3 is 1.77 bits per heavy atom. The van der Waals surface area contributed by atoms with Gasteiger partial charge in [0.05, 0.1) is 0 Å². The quantitative estimate of drug-likeness (QED) is 0.662. The van der Waals surface area contributed by atoms with Gasteiger partial charge in [-0.1, -0.05) is 0 Å². The Morgan fingerprint density at radius 1 is 0.591 bits per heavy atom. The summed E-state index contributed by atoms with van der Waals surface area (Å²) in [6, 6.07) is 31.2. The molecule has 0 amide bonds. The molecule has 3 aromatic rings. The Balaban J connectivity index is 1.85. The van der Waals surface area contributed by atoms with Crippen molar-refractivity contribution in [2.75, 3.05) is 0 Å². The summed E-state index contributed by atoms with van der Waals surface area (Å²) in [7, 11) is 0. The number of hydrogen-bond acceptors (Lipinski definition) is 0. The summed E-state index contributed by atoms with van der Waals surface area (Å²) in [5.74, 6) is 0. The van der Waals surface area contributed by atoms with Crippen molar-refractivity contribution in [3.63, 3.8) is 0 Å². The molecule has 0 nitrogen and oxygen atoms in total. The average Bonchev–Trinajstić information content (AvgIpc) is 3.01. The summed E-state index contributed by atoms with van der Waals surface area (Å²) < 4.78 is 3.74. The molecule has 1 atom stereocenters. The van der Waals surface area contributed by atoms with Crippen LogP contribution in [0.2, 0.25) is 0 Å². The summed E-state index contributed by atoms with van der Waals surface area (Å²) >= 11 is -2.03. The molecule has 1 aliphatic carbocycles. The van der Waals surface area contributed by atoms with Crippen LogP contribution in [-0.2, 0) is 21.8 Å². The van der Waals surface area contributed by atoms with Crippen molar-refractivity contribution in [1.29, 1.82) is 0 Å². The van der Waals surface area contributed by atoms with Gasteiger partial charge in [-0.3, -0.25) is 0 Å². The maximum atomic E-state index is 2.44. The van der Waals surface area contributed by atoms with E-state index in [1.54, 1.807) is 6.54 Å². The van der Waals surface area contributed by atoms with Crippen LogP contribution in [0.5, 0.6) is 0 Å². The number of hydrogen-bond donors (Lipinski definition) is 0. The molecule has 0 bridgehead atoms. The number of benzene rings is 3.